The van der Waals surface area contributed by atoms with Crippen molar-refractivity contribution in [3.05, 3.63) is 98.6 Å². The van der Waals surface area contributed by atoms with Crippen LogP contribution in [0.5, 0.6) is 5.75 Å². The van der Waals surface area contributed by atoms with Crippen molar-refractivity contribution >= 4 is 11.9 Å². The van der Waals surface area contributed by atoms with Gasteiger partial charge in [-0.3, -0.25) is 0 Å². The number of benzene rings is 3. The summed E-state index contributed by atoms with van der Waals surface area (Å²) in [5, 5.41) is 0. The number of rotatable bonds is 5. The summed E-state index contributed by atoms with van der Waals surface area (Å²) in [6, 6.07) is 15.0. The molecule has 0 atom stereocenters. The number of carbonyl (C=O) groups excluding carboxylic acids is 2. The second-order valence-corrected chi connectivity index (χ2v) is 9.26. The van der Waals surface area contributed by atoms with E-state index in [1.807, 2.05) is 13.8 Å². The highest BCUT2D eigenvalue weighted by atomic mass is 16.5. The molecule has 0 bridgehead atoms. The second-order valence-electron chi connectivity index (χ2n) is 9.26. The summed E-state index contributed by atoms with van der Waals surface area (Å²) in [4.78, 5) is 24.6. The minimum Gasteiger partial charge on any atom is -0.465 e. The van der Waals surface area contributed by atoms with Gasteiger partial charge in [0.15, 0.2) is 0 Å². The van der Waals surface area contributed by atoms with Crippen LogP contribution in [0.25, 0.3) is 0 Å². The fourth-order valence-electron chi connectivity index (χ4n) is 4.08. The summed E-state index contributed by atoms with van der Waals surface area (Å²) >= 11 is 0. The number of methoxy groups -OCH3 is 1. The van der Waals surface area contributed by atoms with Crippen molar-refractivity contribution in [2.45, 2.75) is 53.9 Å². The van der Waals surface area contributed by atoms with Crippen LogP contribution in [0.2, 0.25) is 0 Å². The molecule has 0 aliphatic heterocycles. The Morgan fingerprint density at radius 2 is 1.15 bits per heavy atom. The summed E-state index contributed by atoms with van der Waals surface area (Å²) in [7, 11) is 1.31. The highest BCUT2D eigenvalue weighted by Crippen LogP contribution is 2.37. The van der Waals surface area contributed by atoms with Crippen molar-refractivity contribution in [3.63, 3.8) is 0 Å². The number of ether oxygens (including phenoxy) is 2. The van der Waals surface area contributed by atoms with Gasteiger partial charge in [0.05, 0.1) is 18.2 Å². The summed E-state index contributed by atoms with van der Waals surface area (Å²) in [5.74, 6) is -0.465. The molecule has 0 amide bonds. The van der Waals surface area contributed by atoms with Gasteiger partial charge < -0.3 is 9.47 Å². The lowest BCUT2D eigenvalue weighted by atomic mass is 9.75. The lowest BCUT2D eigenvalue weighted by Crippen LogP contribution is -2.20. The SMILES string of the molecule is COC(=O)c1cccc(C(=O)Oc2c(C)cc(C(C)(C)c3cc(C)c(C)c(C)c3)cc2C)c1. The van der Waals surface area contributed by atoms with Crippen LogP contribution in [0, 0.1) is 34.6 Å². The van der Waals surface area contributed by atoms with Crippen LogP contribution in [0.3, 0.4) is 0 Å². The standard InChI is InChI=1S/C29H32O4/c1-17-12-24(13-18(2)21(17)5)29(6,7)25-14-19(3)26(20(4)15-25)33-28(31)23-11-9-10-22(16-23)27(30)32-8/h9-16H,1-8H3. The molecule has 0 radical (unpaired) electrons. The molecule has 0 spiro atoms. The van der Waals surface area contributed by atoms with Crippen LogP contribution in [0.1, 0.15) is 73.5 Å². The fraction of sp³-hybridized carbons (Fsp3) is 0.310. The predicted molar refractivity (Wildman–Crippen MR) is 131 cm³/mol. The Morgan fingerprint density at radius 3 is 1.64 bits per heavy atom. The van der Waals surface area contributed by atoms with Gasteiger partial charge in [0.1, 0.15) is 5.75 Å². The Labute approximate surface area is 196 Å². The van der Waals surface area contributed by atoms with E-state index in [9.17, 15) is 9.59 Å². The molecule has 3 rings (SSSR count). The lowest BCUT2D eigenvalue weighted by molar-refractivity contribution is 0.0600. The van der Waals surface area contributed by atoms with Crippen LogP contribution in [-0.2, 0) is 10.2 Å². The summed E-state index contributed by atoms with van der Waals surface area (Å²) < 4.78 is 10.5. The third-order valence-electron chi connectivity index (χ3n) is 6.54. The highest BCUT2D eigenvalue weighted by Gasteiger charge is 2.26. The van der Waals surface area contributed by atoms with Crippen molar-refractivity contribution in [3.8, 4) is 5.75 Å². The van der Waals surface area contributed by atoms with E-state index in [0.29, 0.717) is 16.9 Å². The fourth-order valence-corrected chi connectivity index (χ4v) is 4.08. The number of aryl methyl sites for hydroxylation is 4. The van der Waals surface area contributed by atoms with Gasteiger partial charge in [-0.15, -0.1) is 0 Å². The van der Waals surface area contributed by atoms with Gasteiger partial charge in [-0.2, -0.15) is 0 Å². The first-order chi connectivity index (χ1) is 15.4. The van der Waals surface area contributed by atoms with Crippen LogP contribution >= 0.6 is 0 Å². The maximum Gasteiger partial charge on any atom is 0.343 e. The van der Waals surface area contributed by atoms with E-state index in [0.717, 1.165) is 16.7 Å². The molecule has 0 saturated heterocycles. The summed E-state index contributed by atoms with van der Waals surface area (Å²) in [5.41, 5.74) is 8.47. The van der Waals surface area contributed by atoms with Crippen LogP contribution in [0.15, 0.2) is 48.5 Å². The van der Waals surface area contributed by atoms with Crippen LogP contribution < -0.4 is 4.74 Å². The Kier molecular flexibility index (Phi) is 6.78. The molecule has 4 nitrogen and oxygen atoms in total. The first-order valence-corrected chi connectivity index (χ1v) is 11.1. The van der Waals surface area contributed by atoms with Gasteiger partial charge >= 0.3 is 11.9 Å². The Balaban J connectivity index is 1.94. The van der Waals surface area contributed by atoms with E-state index < -0.39 is 11.9 Å². The molecule has 33 heavy (non-hydrogen) atoms. The Hall–Kier alpha value is -3.40. The zero-order chi connectivity index (χ0) is 24.5. The van der Waals surface area contributed by atoms with Crippen molar-refractivity contribution < 1.29 is 19.1 Å². The van der Waals surface area contributed by atoms with E-state index in [1.165, 1.54) is 35.4 Å². The molecule has 3 aromatic carbocycles. The molecule has 0 unspecified atom stereocenters. The van der Waals surface area contributed by atoms with Gasteiger partial charge in [0, 0.05) is 5.41 Å². The van der Waals surface area contributed by atoms with Crippen LogP contribution in [-0.4, -0.2) is 19.0 Å². The smallest absolute Gasteiger partial charge is 0.343 e. The lowest BCUT2D eigenvalue weighted by Gasteiger charge is -2.29. The molecule has 0 heterocycles. The quantitative estimate of drug-likeness (QED) is 0.330. The van der Waals surface area contributed by atoms with E-state index >= 15 is 0 Å². The van der Waals surface area contributed by atoms with Crippen molar-refractivity contribution in [2.75, 3.05) is 7.11 Å². The highest BCUT2D eigenvalue weighted by molar-refractivity contribution is 5.96. The molecule has 172 valence electrons. The third-order valence-corrected chi connectivity index (χ3v) is 6.54. The topological polar surface area (TPSA) is 52.6 Å². The molecular weight excluding hydrogens is 412 g/mol. The number of esters is 2. The molecule has 0 aromatic heterocycles. The Morgan fingerprint density at radius 1 is 0.697 bits per heavy atom. The summed E-state index contributed by atoms with van der Waals surface area (Å²) in [6.07, 6.45) is 0. The van der Waals surface area contributed by atoms with Gasteiger partial charge in [0.25, 0.3) is 0 Å². The minimum absolute atomic E-state index is 0.212. The van der Waals surface area contributed by atoms with E-state index in [1.54, 1.807) is 18.2 Å². The van der Waals surface area contributed by atoms with Gasteiger partial charge in [0.2, 0.25) is 0 Å². The van der Waals surface area contributed by atoms with Crippen molar-refractivity contribution in [1.82, 2.24) is 0 Å². The monoisotopic (exact) mass is 444 g/mol. The first-order valence-electron chi connectivity index (χ1n) is 11.1. The van der Waals surface area contributed by atoms with E-state index in [-0.39, 0.29) is 5.41 Å². The molecule has 4 heteroatoms. The molecular formula is C29H32O4. The van der Waals surface area contributed by atoms with E-state index in [2.05, 4.69) is 58.9 Å². The molecule has 3 aromatic rings. The molecule has 0 N–H and O–H groups in total. The largest absolute Gasteiger partial charge is 0.465 e. The van der Waals surface area contributed by atoms with Gasteiger partial charge in [-0.25, -0.2) is 9.59 Å². The average Bonchev–Trinajstić information content (AvgIpc) is 2.78. The minimum atomic E-state index is -0.510. The number of hydrogen-bond donors (Lipinski definition) is 0. The maximum absolute atomic E-state index is 12.8. The first kappa shape index (κ1) is 24.2. The van der Waals surface area contributed by atoms with Crippen molar-refractivity contribution in [2.24, 2.45) is 0 Å². The molecule has 0 saturated carbocycles. The van der Waals surface area contributed by atoms with Crippen LogP contribution in [0.4, 0.5) is 0 Å². The van der Waals surface area contributed by atoms with Crippen molar-refractivity contribution in [1.29, 1.82) is 0 Å². The second kappa shape index (κ2) is 9.22. The zero-order valence-electron chi connectivity index (χ0n) is 20.8. The third kappa shape index (κ3) is 4.85. The van der Waals surface area contributed by atoms with Gasteiger partial charge in [-0.05, 0) is 91.8 Å². The maximum atomic E-state index is 12.8. The summed E-state index contributed by atoms with van der Waals surface area (Å²) in [6.45, 7) is 14.8. The molecule has 0 aliphatic rings. The molecule has 0 aliphatic carbocycles. The molecule has 0 fully saturated rings. The van der Waals surface area contributed by atoms with E-state index in [4.69, 9.17) is 9.47 Å². The number of carbonyl (C=O) groups is 2. The predicted octanol–water partition coefficient (Wildman–Crippen LogP) is 6.56. The zero-order valence-corrected chi connectivity index (χ0v) is 20.8. The average molecular weight is 445 g/mol. The normalized spacial score (nSPS) is 11.3. The Bertz CT molecular complexity index is 1190. The van der Waals surface area contributed by atoms with Gasteiger partial charge in [-0.1, -0.05) is 44.2 Å². The number of hydrogen-bond acceptors (Lipinski definition) is 4.